The summed E-state index contributed by atoms with van der Waals surface area (Å²) in [6.45, 7) is 5.98. The van der Waals surface area contributed by atoms with Crippen LogP contribution in [-0.4, -0.2) is 50.2 Å². The number of halogens is 2. The lowest BCUT2D eigenvalue weighted by atomic mass is 10.0. The van der Waals surface area contributed by atoms with E-state index in [-0.39, 0.29) is 36.8 Å². The molecule has 1 N–H and O–H groups in total. The molecule has 4 rings (SSSR count). The van der Waals surface area contributed by atoms with E-state index >= 15 is 0 Å². The molecule has 1 aliphatic rings. The average Bonchev–Trinajstić information content (AvgIpc) is 2.94. The summed E-state index contributed by atoms with van der Waals surface area (Å²) in [5.41, 5.74) is 4.10. The number of aromatic nitrogens is 4. The SMILES string of the molecule is Cc1nc2c(cc1C(=O)N1CCNCC1c1cccnc1)c(C)nn2C.Cl.Cl. The number of nitrogens with zero attached hydrogens (tertiary/aromatic N) is 5. The highest BCUT2D eigenvalue weighted by Crippen LogP contribution is 2.26. The van der Waals surface area contributed by atoms with Crippen molar-refractivity contribution in [3.05, 3.63) is 53.1 Å². The van der Waals surface area contributed by atoms with Crippen molar-refractivity contribution in [2.45, 2.75) is 19.9 Å². The average molecular weight is 423 g/mol. The molecule has 0 aromatic carbocycles. The van der Waals surface area contributed by atoms with Crippen LogP contribution in [0.5, 0.6) is 0 Å². The number of piperazine rings is 1. The van der Waals surface area contributed by atoms with Gasteiger partial charge in [0.15, 0.2) is 5.65 Å². The Bertz CT molecular complexity index is 975. The van der Waals surface area contributed by atoms with Crippen molar-refractivity contribution in [3.63, 3.8) is 0 Å². The van der Waals surface area contributed by atoms with Gasteiger partial charge in [-0.2, -0.15) is 5.10 Å². The fourth-order valence-electron chi connectivity index (χ4n) is 3.62. The van der Waals surface area contributed by atoms with Gasteiger partial charge in [-0.1, -0.05) is 6.07 Å². The molecular weight excluding hydrogens is 399 g/mol. The van der Waals surface area contributed by atoms with E-state index in [9.17, 15) is 4.79 Å². The Hall–Kier alpha value is -2.22. The van der Waals surface area contributed by atoms with Gasteiger partial charge in [-0.25, -0.2) is 4.98 Å². The van der Waals surface area contributed by atoms with Crippen molar-refractivity contribution < 1.29 is 4.79 Å². The molecule has 0 aliphatic carbocycles. The van der Waals surface area contributed by atoms with Gasteiger partial charge in [0.1, 0.15) is 0 Å². The van der Waals surface area contributed by atoms with Crippen LogP contribution in [0.3, 0.4) is 0 Å². The summed E-state index contributed by atoms with van der Waals surface area (Å²) in [6, 6.07) is 5.83. The largest absolute Gasteiger partial charge is 0.329 e. The Morgan fingerprint density at radius 2 is 2.04 bits per heavy atom. The summed E-state index contributed by atoms with van der Waals surface area (Å²) in [5, 5.41) is 8.72. The zero-order chi connectivity index (χ0) is 18.3. The first-order chi connectivity index (χ1) is 12.6. The van der Waals surface area contributed by atoms with Gasteiger partial charge in [0.25, 0.3) is 5.91 Å². The van der Waals surface area contributed by atoms with E-state index in [2.05, 4.69) is 20.4 Å². The number of hydrogen-bond donors (Lipinski definition) is 1. The maximum Gasteiger partial charge on any atom is 0.256 e. The second kappa shape index (κ2) is 8.86. The van der Waals surface area contributed by atoms with Crippen molar-refractivity contribution in [1.82, 2.24) is 30.0 Å². The van der Waals surface area contributed by atoms with Crippen LogP contribution >= 0.6 is 24.8 Å². The maximum absolute atomic E-state index is 13.4. The van der Waals surface area contributed by atoms with E-state index in [1.807, 2.05) is 50.2 Å². The number of carbonyl (C=O) groups is 1. The molecule has 3 aromatic heterocycles. The number of hydrogen-bond acceptors (Lipinski definition) is 5. The van der Waals surface area contributed by atoms with Crippen LogP contribution in [0.2, 0.25) is 0 Å². The molecule has 3 aromatic rings. The van der Waals surface area contributed by atoms with E-state index in [0.717, 1.165) is 41.1 Å². The van der Waals surface area contributed by atoms with Gasteiger partial charge in [0.05, 0.1) is 23.0 Å². The minimum atomic E-state index is -0.0324. The standard InChI is InChI=1S/C19H22N6O.2ClH/c1-12-16(9-15-13(2)23-24(3)18(15)22-12)19(26)25-8-7-21-11-17(25)14-5-4-6-20-10-14;;/h4-6,9-10,17,21H,7-8,11H2,1-3H3;2*1H. The van der Waals surface area contributed by atoms with Crippen LogP contribution in [0.4, 0.5) is 0 Å². The molecule has 1 aliphatic heterocycles. The Kier molecular flexibility index (Phi) is 6.98. The van der Waals surface area contributed by atoms with Crippen molar-refractivity contribution >= 4 is 41.8 Å². The molecule has 0 spiro atoms. The number of amides is 1. The van der Waals surface area contributed by atoms with Gasteiger partial charge in [-0.3, -0.25) is 14.5 Å². The van der Waals surface area contributed by atoms with Crippen LogP contribution < -0.4 is 5.32 Å². The quantitative estimate of drug-likeness (QED) is 0.686. The normalized spacial score (nSPS) is 16.4. The lowest BCUT2D eigenvalue weighted by molar-refractivity contribution is 0.0633. The van der Waals surface area contributed by atoms with E-state index in [1.165, 1.54) is 0 Å². The highest BCUT2D eigenvalue weighted by molar-refractivity contribution is 5.99. The minimum Gasteiger partial charge on any atom is -0.329 e. The highest BCUT2D eigenvalue weighted by atomic mass is 35.5. The Labute approximate surface area is 176 Å². The molecular formula is C19H24Cl2N6O. The summed E-state index contributed by atoms with van der Waals surface area (Å²) in [6.07, 6.45) is 3.58. The highest BCUT2D eigenvalue weighted by Gasteiger charge is 2.30. The number of rotatable bonds is 2. The molecule has 4 heterocycles. The first-order valence-corrected chi connectivity index (χ1v) is 8.79. The van der Waals surface area contributed by atoms with Crippen LogP contribution in [0.15, 0.2) is 30.6 Å². The van der Waals surface area contributed by atoms with Gasteiger partial charge in [0.2, 0.25) is 0 Å². The van der Waals surface area contributed by atoms with Crippen molar-refractivity contribution in [3.8, 4) is 0 Å². The number of carbonyl (C=O) groups excluding carboxylic acids is 1. The van der Waals surface area contributed by atoms with Crippen molar-refractivity contribution in [2.75, 3.05) is 19.6 Å². The second-order valence-electron chi connectivity index (χ2n) is 6.71. The van der Waals surface area contributed by atoms with Crippen molar-refractivity contribution in [2.24, 2.45) is 7.05 Å². The molecule has 0 bridgehead atoms. The van der Waals surface area contributed by atoms with Gasteiger partial charge in [0, 0.05) is 44.5 Å². The van der Waals surface area contributed by atoms with Gasteiger partial charge in [-0.15, -0.1) is 24.8 Å². The van der Waals surface area contributed by atoms with E-state index in [4.69, 9.17) is 0 Å². The molecule has 1 saturated heterocycles. The van der Waals surface area contributed by atoms with Crippen LogP contribution in [-0.2, 0) is 7.05 Å². The van der Waals surface area contributed by atoms with Crippen LogP contribution in [0.25, 0.3) is 11.0 Å². The Morgan fingerprint density at radius 1 is 1.25 bits per heavy atom. The minimum absolute atomic E-state index is 0. The third kappa shape index (κ3) is 3.83. The van der Waals surface area contributed by atoms with Crippen LogP contribution in [0, 0.1) is 13.8 Å². The third-order valence-electron chi connectivity index (χ3n) is 4.99. The van der Waals surface area contributed by atoms with Gasteiger partial charge >= 0.3 is 0 Å². The lowest BCUT2D eigenvalue weighted by Gasteiger charge is -2.36. The van der Waals surface area contributed by atoms with Crippen molar-refractivity contribution in [1.29, 1.82) is 0 Å². The number of pyridine rings is 2. The monoisotopic (exact) mass is 422 g/mol. The Balaban J connectivity index is 0.00000140. The molecule has 1 unspecified atom stereocenters. The number of fused-ring (bicyclic) bond motifs is 1. The fraction of sp³-hybridized carbons (Fsp3) is 0.368. The van der Waals surface area contributed by atoms with E-state index < -0.39 is 0 Å². The molecule has 0 saturated carbocycles. The van der Waals surface area contributed by atoms with Gasteiger partial charge < -0.3 is 10.2 Å². The predicted molar refractivity (Wildman–Crippen MR) is 113 cm³/mol. The molecule has 7 nitrogen and oxygen atoms in total. The molecule has 0 radical (unpaired) electrons. The molecule has 28 heavy (non-hydrogen) atoms. The summed E-state index contributed by atoms with van der Waals surface area (Å²) < 4.78 is 1.76. The zero-order valence-electron chi connectivity index (χ0n) is 16.0. The predicted octanol–water partition coefficient (Wildman–Crippen LogP) is 2.61. The first-order valence-electron chi connectivity index (χ1n) is 8.79. The Morgan fingerprint density at radius 3 is 2.75 bits per heavy atom. The van der Waals surface area contributed by atoms with E-state index in [0.29, 0.717) is 12.1 Å². The maximum atomic E-state index is 13.4. The molecule has 1 atom stereocenters. The summed E-state index contributed by atoms with van der Waals surface area (Å²) >= 11 is 0. The second-order valence-corrected chi connectivity index (χ2v) is 6.71. The zero-order valence-corrected chi connectivity index (χ0v) is 17.7. The molecule has 1 amide bonds. The number of aryl methyl sites for hydroxylation is 3. The number of nitrogens with one attached hydrogen (secondary N) is 1. The lowest BCUT2D eigenvalue weighted by Crippen LogP contribution is -2.48. The molecule has 1 fully saturated rings. The first kappa shape index (κ1) is 22.1. The summed E-state index contributed by atoms with van der Waals surface area (Å²) in [7, 11) is 1.87. The van der Waals surface area contributed by atoms with Gasteiger partial charge in [-0.05, 0) is 31.5 Å². The van der Waals surface area contributed by atoms with Crippen LogP contribution in [0.1, 0.15) is 33.4 Å². The van der Waals surface area contributed by atoms with E-state index in [1.54, 1.807) is 10.9 Å². The molecule has 9 heteroatoms. The fourth-order valence-corrected chi connectivity index (χ4v) is 3.62. The topological polar surface area (TPSA) is 75.9 Å². The summed E-state index contributed by atoms with van der Waals surface area (Å²) in [5.74, 6) is 0.00973. The molecule has 150 valence electrons. The third-order valence-corrected chi connectivity index (χ3v) is 4.99. The smallest absolute Gasteiger partial charge is 0.256 e. The summed E-state index contributed by atoms with van der Waals surface area (Å²) in [4.78, 5) is 24.1.